The number of pyridine rings is 1. The molecule has 0 fully saturated rings. The maximum atomic E-state index is 13.1. The lowest BCUT2D eigenvalue weighted by molar-refractivity contribution is -0.175. The summed E-state index contributed by atoms with van der Waals surface area (Å²) in [5.74, 6) is -3.50. The van der Waals surface area contributed by atoms with Crippen molar-refractivity contribution in [1.29, 1.82) is 0 Å². The van der Waals surface area contributed by atoms with Crippen LogP contribution in [0.2, 0.25) is 0 Å². The zero-order valence-corrected chi connectivity index (χ0v) is 16.3. The molecule has 2 aromatic rings. The molecule has 0 saturated carbocycles. The predicted molar refractivity (Wildman–Crippen MR) is 99.3 cm³/mol. The second-order valence-corrected chi connectivity index (χ2v) is 8.41. The zero-order valence-electron chi connectivity index (χ0n) is 15.5. The Morgan fingerprint density at radius 1 is 1.31 bits per heavy atom. The standard InChI is InChI=1S/C18H18F3N3O4S/c1-11-4-3-5-14(8-11)29(26,27)24-6-7-28-17-15(24)9-13(10-22-17)23-16(25)12(2)18(19,20)21/h3-5,8-10,12H,6-7H2,1-2H3,(H,23,25). The maximum Gasteiger partial charge on any atom is 0.400 e. The van der Waals surface area contributed by atoms with Crippen molar-refractivity contribution in [3.05, 3.63) is 42.1 Å². The van der Waals surface area contributed by atoms with Crippen molar-refractivity contribution in [2.24, 2.45) is 5.92 Å². The Bertz CT molecular complexity index is 1040. The van der Waals surface area contributed by atoms with Gasteiger partial charge in [0.2, 0.25) is 11.8 Å². The Morgan fingerprint density at radius 3 is 2.69 bits per heavy atom. The van der Waals surface area contributed by atoms with E-state index in [2.05, 4.69) is 10.3 Å². The van der Waals surface area contributed by atoms with Gasteiger partial charge in [-0.15, -0.1) is 0 Å². The number of fused-ring (bicyclic) bond motifs is 1. The molecule has 2 heterocycles. The summed E-state index contributed by atoms with van der Waals surface area (Å²) in [5, 5.41) is 2.12. The lowest BCUT2D eigenvalue weighted by Gasteiger charge is -2.30. The lowest BCUT2D eigenvalue weighted by atomic mass is 10.1. The number of ether oxygens (including phenoxy) is 1. The van der Waals surface area contributed by atoms with Crippen LogP contribution in [0.3, 0.4) is 0 Å². The maximum absolute atomic E-state index is 13.1. The van der Waals surface area contributed by atoms with E-state index in [1.807, 2.05) is 0 Å². The zero-order chi connectivity index (χ0) is 21.4. The number of amides is 1. The molecule has 0 spiro atoms. The van der Waals surface area contributed by atoms with Gasteiger partial charge in [-0.05, 0) is 37.6 Å². The third-order valence-electron chi connectivity index (χ3n) is 4.36. The van der Waals surface area contributed by atoms with Gasteiger partial charge in [-0.3, -0.25) is 9.10 Å². The highest BCUT2D eigenvalue weighted by atomic mass is 32.2. The van der Waals surface area contributed by atoms with E-state index in [1.165, 1.54) is 18.2 Å². The molecule has 1 atom stereocenters. The highest BCUT2D eigenvalue weighted by Crippen LogP contribution is 2.36. The first-order chi connectivity index (χ1) is 13.5. The molecule has 0 bridgehead atoms. The summed E-state index contributed by atoms with van der Waals surface area (Å²) in [4.78, 5) is 15.8. The highest BCUT2D eigenvalue weighted by molar-refractivity contribution is 7.92. The van der Waals surface area contributed by atoms with Crippen LogP contribution in [0.4, 0.5) is 24.5 Å². The number of benzene rings is 1. The molecule has 156 valence electrons. The minimum atomic E-state index is -4.70. The number of hydrogen-bond donors (Lipinski definition) is 1. The van der Waals surface area contributed by atoms with E-state index in [0.717, 1.165) is 23.0 Å². The number of carbonyl (C=O) groups excluding carboxylic acids is 1. The van der Waals surface area contributed by atoms with Crippen LogP contribution in [-0.4, -0.2) is 38.6 Å². The van der Waals surface area contributed by atoms with Crippen LogP contribution in [0.5, 0.6) is 5.88 Å². The number of halogens is 3. The normalized spacial score (nSPS) is 15.3. The monoisotopic (exact) mass is 429 g/mol. The van der Waals surface area contributed by atoms with Crippen molar-refractivity contribution < 1.29 is 31.1 Å². The SMILES string of the molecule is Cc1cccc(S(=O)(=O)N2CCOc3ncc(NC(=O)C(C)C(F)(F)F)cc32)c1. The van der Waals surface area contributed by atoms with Crippen molar-refractivity contribution >= 4 is 27.3 Å². The molecule has 3 rings (SSSR count). The number of anilines is 2. The average Bonchev–Trinajstić information content (AvgIpc) is 2.66. The van der Waals surface area contributed by atoms with E-state index in [1.54, 1.807) is 19.1 Å². The molecule has 0 radical (unpaired) electrons. The van der Waals surface area contributed by atoms with Crippen molar-refractivity contribution in [2.75, 3.05) is 22.8 Å². The minimum absolute atomic E-state index is 0.00865. The first-order valence-electron chi connectivity index (χ1n) is 8.60. The Hall–Kier alpha value is -2.82. The third kappa shape index (κ3) is 4.29. The Morgan fingerprint density at radius 2 is 2.03 bits per heavy atom. The van der Waals surface area contributed by atoms with E-state index in [4.69, 9.17) is 4.74 Å². The van der Waals surface area contributed by atoms with Crippen LogP contribution in [0.25, 0.3) is 0 Å². The van der Waals surface area contributed by atoms with Crippen LogP contribution in [0.15, 0.2) is 41.4 Å². The molecule has 1 aliphatic heterocycles. The number of hydrogen-bond acceptors (Lipinski definition) is 5. The minimum Gasteiger partial charge on any atom is -0.474 e. The molecular weight excluding hydrogens is 411 g/mol. The van der Waals surface area contributed by atoms with Gasteiger partial charge in [0.05, 0.1) is 23.3 Å². The number of carbonyl (C=O) groups is 1. The number of sulfonamides is 1. The van der Waals surface area contributed by atoms with Crippen LogP contribution in [-0.2, 0) is 14.8 Å². The summed E-state index contributed by atoms with van der Waals surface area (Å²) in [7, 11) is -3.96. The average molecular weight is 429 g/mol. The summed E-state index contributed by atoms with van der Waals surface area (Å²) in [5.41, 5.74) is 0.717. The van der Waals surface area contributed by atoms with Crippen molar-refractivity contribution in [1.82, 2.24) is 4.98 Å². The van der Waals surface area contributed by atoms with Gasteiger partial charge in [-0.2, -0.15) is 13.2 Å². The Balaban J connectivity index is 1.95. The van der Waals surface area contributed by atoms with E-state index >= 15 is 0 Å². The third-order valence-corrected chi connectivity index (χ3v) is 6.17. The quantitative estimate of drug-likeness (QED) is 0.807. The van der Waals surface area contributed by atoms with E-state index < -0.39 is 28.0 Å². The fraction of sp³-hybridized carbons (Fsp3) is 0.333. The molecule has 29 heavy (non-hydrogen) atoms. The Labute approximate surface area is 165 Å². The van der Waals surface area contributed by atoms with Crippen LogP contribution in [0.1, 0.15) is 12.5 Å². The fourth-order valence-corrected chi connectivity index (χ4v) is 4.24. The van der Waals surface area contributed by atoms with Gasteiger partial charge < -0.3 is 10.1 Å². The molecule has 0 aliphatic carbocycles. The smallest absolute Gasteiger partial charge is 0.400 e. The topological polar surface area (TPSA) is 88.6 Å². The van der Waals surface area contributed by atoms with E-state index in [9.17, 15) is 26.4 Å². The number of rotatable bonds is 4. The predicted octanol–water partition coefficient (Wildman–Crippen LogP) is 3.11. The molecule has 1 aliphatic rings. The summed E-state index contributed by atoms with van der Waals surface area (Å²) in [6, 6.07) is 7.55. The molecule has 1 N–H and O–H groups in total. The van der Waals surface area contributed by atoms with Gasteiger partial charge in [-0.25, -0.2) is 13.4 Å². The van der Waals surface area contributed by atoms with E-state index in [-0.39, 0.29) is 35.3 Å². The second kappa shape index (κ2) is 7.54. The van der Waals surface area contributed by atoms with Gasteiger partial charge in [-0.1, -0.05) is 12.1 Å². The Kier molecular flexibility index (Phi) is 5.44. The molecule has 1 aromatic heterocycles. The molecule has 7 nitrogen and oxygen atoms in total. The molecule has 1 aromatic carbocycles. The number of nitrogens with zero attached hydrogens (tertiary/aromatic N) is 2. The van der Waals surface area contributed by atoms with Crippen molar-refractivity contribution in [2.45, 2.75) is 24.9 Å². The number of aryl methyl sites for hydroxylation is 1. The summed E-state index contributed by atoms with van der Waals surface area (Å²) in [6.45, 7) is 2.53. The first-order valence-corrected chi connectivity index (χ1v) is 10.0. The van der Waals surface area contributed by atoms with Gasteiger partial charge >= 0.3 is 6.18 Å². The van der Waals surface area contributed by atoms with Crippen molar-refractivity contribution in [3.63, 3.8) is 0 Å². The molecule has 11 heteroatoms. The number of aromatic nitrogens is 1. The van der Waals surface area contributed by atoms with Crippen LogP contribution < -0.4 is 14.4 Å². The highest BCUT2D eigenvalue weighted by Gasteiger charge is 2.41. The number of nitrogens with one attached hydrogen (secondary N) is 1. The van der Waals surface area contributed by atoms with E-state index in [0.29, 0.717) is 0 Å². The number of alkyl halides is 3. The first kappa shape index (κ1) is 20.9. The molecular formula is C18H18F3N3O4S. The van der Waals surface area contributed by atoms with Gasteiger partial charge in [0.15, 0.2) is 0 Å². The van der Waals surface area contributed by atoms with Crippen LogP contribution in [0, 0.1) is 12.8 Å². The lowest BCUT2D eigenvalue weighted by Crippen LogP contribution is -2.38. The molecule has 0 saturated heterocycles. The largest absolute Gasteiger partial charge is 0.474 e. The van der Waals surface area contributed by atoms with Gasteiger partial charge in [0, 0.05) is 0 Å². The molecule has 1 unspecified atom stereocenters. The van der Waals surface area contributed by atoms with Gasteiger partial charge in [0.25, 0.3) is 10.0 Å². The van der Waals surface area contributed by atoms with Gasteiger partial charge in [0.1, 0.15) is 18.2 Å². The molecule has 1 amide bonds. The summed E-state index contributed by atoms with van der Waals surface area (Å²) < 4.78 is 70.8. The van der Waals surface area contributed by atoms with Crippen LogP contribution >= 0.6 is 0 Å². The second-order valence-electron chi connectivity index (χ2n) is 6.54. The summed E-state index contributed by atoms with van der Waals surface area (Å²) >= 11 is 0. The fourth-order valence-electron chi connectivity index (χ4n) is 2.70. The van der Waals surface area contributed by atoms with Crippen molar-refractivity contribution in [3.8, 4) is 5.88 Å². The summed E-state index contributed by atoms with van der Waals surface area (Å²) in [6.07, 6.45) is -3.59.